The molecule has 2 rings (SSSR count). The molecule has 0 aliphatic rings. The maximum atomic E-state index is 9.18. The summed E-state index contributed by atoms with van der Waals surface area (Å²) in [5.74, 6) is 0. The molecule has 16 heavy (non-hydrogen) atoms. The van der Waals surface area contributed by atoms with E-state index >= 15 is 0 Å². The minimum absolute atomic E-state index is 0.431. The van der Waals surface area contributed by atoms with Gasteiger partial charge in [0.1, 0.15) is 0 Å². The Balaban J connectivity index is 0.000000221. The smallest absolute Gasteiger partial charge is 0.293 e. The number of halogens is 1. The molecule has 0 radical (unpaired) electrons. The molecule has 0 saturated carbocycles. The second-order valence-electron chi connectivity index (χ2n) is 2.75. The molecule has 4 nitrogen and oxygen atoms in total. The lowest BCUT2D eigenvalue weighted by Crippen LogP contribution is -1.80. The van der Waals surface area contributed by atoms with E-state index in [4.69, 9.17) is 0 Å². The molecule has 2 aromatic heterocycles. The highest BCUT2D eigenvalue weighted by atomic mass is 79.9. The average molecular weight is 283 g/mol. The molecular weight excluding hydrogens is 272 g/mol. The quantitative estimate of drug-likeness (QED) is 0.795. The summed E-state index contributed by atoms with van der Waals surface area (Å²) in [5, 5.41) is 1.06. The highest BCUT2D eigenvalue weighted by molar-refractivity contribution is 9.10. The van der Waals surface area contributed by atoms with E-state index in [-0.39, 0.29) is 0 Å². The molecule has 0 N–H and O–H groups in total. The maximum absolute atomic E-state index is 9.18. The molecule has 0 fully saturated rings. The molecule has 2 heterocycles. The monoisotopic (exact) mass is 282 g/mol. The molecule has 0 saturated heterocycles. The number of carbonyl (C=O) groups excluding carboxylic acids is 1. The molecule has 0 unspecified atom stereocenters. The van der Waals surface area contributed by atoms with Crippen molar-refractivity contribution in [3.63, 3.8) is 0 Å². The second kappa shape index (κ2) is 6.90. The van der Waals surface area contributed by atoms with Crippen LogP contribution < -0.4 is 0 Å². The van der Waals surface area contributed by atoms with Crippen molar-refractivity contribution in [3.8, 4) is 0 Å². The van der Waals surface area contributed by atoms with E-state index in [1.54, 1.807) is 25.5 Å². The van der Waals surface area contributed by atoms with E-state index in [1.807, 2.05) is 12.1 Å². The summed E-state index contributed by atoms with van der Waals surface area (Å²) in [7, 11) is 0. The van der Waals surface area contributed by atoms with Crippen LogP contribution in [0, 0.1) is 0 Å². The molecule has 5 heteroatoms. The minimum Gasteiger partial charge on any atom is -0.468 e. The molecule has 0 atom stereocenters. The number of fused-ring (bicyclic) bond motifs is 1. The van der Waals surface area contributed by atoms with E-state index in [9.17, 15) is 4.79 Å². The zero-order chi connectivity index (χ0) is 11.8. The van der Waals surface area contributed by atoms with Gasteiger partial charge in [0, 0.05) is 24.0 Å². The fraction of sp³-hybridized carbons (Fsp3) is 0.182. The first-order valence-corrected chi connectivity index (χ1v) is 5.48. The van der Waals surface area contributed by atoms with Crippen LogP contribution in [-0.2, 0) is 9.53 Å². The lowest BCUT2D eigenvalue weighted by atomic mass is 10.3. The van der Waals surface area contributed by atoms with Crippen LogP contribution in [0.2, 0.25) is 0 Å². The number of pyridine rings is 2. The van der Waals surface area contributed by atoms with Crippen molar-refractivity contribution in [2.45, 2.75) is 6.92 Å². The van der Waals surface area contributed by atoms with E-state index in [0.717, 1.165) is 15.4 Å². The predicted molar refractivity (Wildman–Crippen MR) is 64.9 cm³/mol. The van der Waals surface area contributed by atoms with E-state index in [0.29, 0.717) is 13.1 Å². The maximum Gasteiger partial charge on any atom is 0.293 e. The van der Waals surface area contributed by atoms with Gasteiger partial charge in [-0.1, -0.05) is 0 Å². The summed E-state index contributed by atoms with van der Waals surface area (Å²) in [6.07, 6.45) is 5.32. The highest BCUT2D eigenvalue weighted by Crippen LogP contribution is 2.18. The van der Waals surface area contributed by atoms with Crippen LogP contribution in [0.3, 0.4) is 0 Å². The molecule has 0 spiro atoms. The summed E-state index contributed by atoms with van der Waals surface area (Å²) in [6, 6.07) is 3.89. The predicted octanol–water partition coefficient (Wildman–Crippen LogP) is 2.57. The average Bonchev–Trinajstić information content (AvgIpc) is 2.32. The Morgan fingerprint density at radius 2 is 2.31 bits per heavy atom. The Labute approximate surface area is 102 Å². The number of rotatable bonds is 2. The number of ether oxygens (including phenoxy) is 1. The van der Waals surface area contributed by atoms with E-state index in [1.165, 1.54) is 0 Å². The fourth-order valence-corrected chi connectivity index (χ4v) is 1.48. The topological polar surface area (TPSA) is 52.1 Å². The normalized spacial score (nSPS) is 9.12. The van der Waals surface area contributed by atoms with Gasteiger partial charge in [0.25, 0.3) is 6.47 Å². The summed E-state index contributed by atoms with van der Waals surface area (Å²) in [4.78, 5) is 17.4. The summed E-state index contributed by atoms with van der Waals surface area (Å²) in [6.45, 7) is 2.66. The van der Waals surface area contributed by atoms with Crippen LogP contribution in [0.4, 0.5) is 0 Å². The van der Waals surface area contributed by atoms with Gasteiger partial charge >= 0.3 is 0 Å². The zero-order valence-corrected chi connectivity index (χ0v) is 10.3. The minimum atomic E-state index is 0.431. The van der Waals surface area contributed by atoms with Gasteiger partial charge in [-0.05, 0) is 35.0 Å². The Morgan fingerprint density at radius 3 is 2.88 bits per heavy atom. The number of aromatic nitrogens is 2. The van der Waals surface area contributed by atoms with Crippen LogP contribution in [-0.4, -0.2) is 23.0 Å². The van der Waals surface area contributed by atoms with Gasteiger partial charge in [-0.2, -0.15) is 0 Å². The first kappa shape index (κ1) is 12.6. The van der Waals surface area contributed by atoms with Crippen LogP contribution in [0.5, 0.6) is 0 Å². The molecule has 0 amide bonds. The van der Waals surface area contributed by atoms with Crippen LogP contribution >= 0.6 is 15.9 Å². The third-order valence-corrected chi connectivity index (χ3v) is 2.28. The second-order valence-corrected chi connectivity index (χ2v) is 3.60. The summed E-state index contributed by atoms with van der Waals surface area (Å²) < 4.78 is 5.09. The van der Waals surface area contributed by atoms with Crippen molar-refractivity contribution in [2.24, 2.45) is 0 Å². The van der Waals surface area contributed by atoms with Gasteiger partial charge in [0.15, 0.2) is 0 Å². The van der Waals surface area contributed by atoms with Crippen LogP contribution in [0.25, 0.3) is 10.9 Å². The first-order valence-electron chi connectivity index (χ1n) is 4.69. The lowest BCUT2D eigenvalue weighted by Gasteiger charge is -1.95. The van der Waals surface area contributed by atoms with Crippen molar-refractivity contribution in [2.75, 3.05) is 6.61 Å². The number of hydrogen-bond acceptors (Lipinski definition) is 4. The molecule has 0 aliphatic heterocycles. The summed E-state index contributed by atoms with van der Waals surface area (Å²) >= 11 is 3.37. The first-order chi connectivity index (χ1) is 7.79. The third kappa shape index (κ3) is 3.58. The van der Waals surface area contributed by atoms with Crippen LogP contribution in [0.15, 0.2) is 35.2 Å². The van der Waals surface area contributed by atoms with Gasteiger partial charge in [-0.25, -0.2) is 0 Å². The number of nitrogens with zero attached hydrogens (tertiary/aromatic N) is 2. The van der Waals surface area contributed by atoms with Crippen molar-refractivity contribution in [3.05, 3.63) is 35.2 Å². The molecule has 2 aromatic rings. The standard InChI is InChI=1S/C8H5BrN2.C3H6O2/c9-7-5-10-4-6-2-1-3-11-8(6)7;1-2-5-3-4/h1-5H;3H,2H2,1H3. The molecule has 84 valence electrons. The van der Waals surface area contributed by atoms with Gasteiger partial charge < -0.3 is 4.74 Å². The zero-order valence-electron chi connectivity index (χ0n) is 8.76. The van der Waals surface area contributed by atoms with Crippen LogP contribution in [0.1, 0.15) is 6.92 Å². The van der Waals surface area contributed by atoms with E-state index < -0.39 is 0 Å². The summed E-state index contributed by atoms with van der Waals surface area (Å²) in [5.41, 5.74) is 0.961. The fourth-order valence-electron chi connectivity index (χ4n) is 1.03. The van der Waals surface area contributed by atoms with Crippen molar-refractivity contribution < 1.29 is 9.53 Å². The molecule has 0 aliphatic carbocycles. The van der Waals surface area contributed by atoms with Crippen molar-refractivity contribution in [1.29, 1.82) is 0 Å². The van der Waals surface area contributed by atoms with Gasteiger partial charge in [-0.3, -0.25) is 14.8 Å². The van der Waals surface area contributed by atoms with Gasteiger partial charge in [-0.15, -0.1) is 0 Å². The highest BCUT2D eigenvalue weighted by Gasteiger charge is 1.96. The SMILES string of the molecule is Brc1cncc2cccnc12.CCOC=O. The van der Waals surface area contributed by atoms with Gasteiger partial charge in [0.05, 0.1) is 16.6 Å². The Kier molecular flexibility index (Phi) is 5.42. The Morgan fingerprint density at radius 1 is 1.50 bits per heavy atom. The molecule has 0 bridgehead atoms. The lowest BCUT2D eigenvalue weighted by molar-refractivity contribution is -0.128. The molecule has 0 aromatic carbocycles. The Hall–Kier alpha value is -1.49. The third-order valence-electron chi connectivity index (χ3n) is 1.70. The number of hydrogen-bond donors (Lipinski definition) is 0. The van der Waals surface area contributed by atoms with E-state index in [2.05, 4.69) is 30.6 Å². The Bertz CT molecular complexity index is 457. The van der Waals surface area contributed by atoms with Crippen molar-refractivity contribution >= 4 is 33.3 Å². The largest absolute Gasteiger partial charge is 0.468 e. The number of carbonyl (C=O) groups is 1. The van der Waals surface area contributed by atoms with Gasteiger partial charge in [0.2, 0.25) is 0 Å². The molecular formula is C11H11BrN2O2. The van der Waals surface area contributed by atoms with Crippen molar-refractivity contribution in [1.82, 2.24) is 9.97 Å².